The van der Waals surface area contributed by atoms with Gasteiger partial charge in [-0.25, -0.2) is 15.0 Å². The average Bonchev–Trinajstić information content (AvgIpc) is 3.12. The van der Waals surface area contributed by atoms with Crippen LogP contribution in [0, 0.1) is 6.92 Å². The Labute approximate surface area is 140 Å². The normalized spacial score (nSPS) is 14.6. The number of aromatic nitrogens is 4. The molecule has 128 valence electrons. The van der Waals surface area contributed by atoms with Crippen molar-refractivity contribution in [1.29, 1.82) is 0 Å². The maximum absolute atomic E-state index is 12.3. The highest BCUT2D eigenvalue weighted by Crippen LogP contribution is 2.12. The van der Waals surface area contributed by atoms with Crippen LogP contribution >= 0.6 is 0 Å². The van der Waals surface area contributed by atoms with E-state index in [2.05, 4.69) is 20.3 Å². The number of rotatable bonds is 6. The lowest BCUT2D eigenvalue weighted by molar-refractivity contribution is 0.0947. The minimum atomic E-state index is -0.166. The summed E-state index contributed by atoms with van der Waals surface area (Å²) in [6.45, 7) is 6.10. The van der Waals surface area contributed by atoms with Gasteiger partial charge in [-0.2, -0.15) is 0 Å². The molecule has 0 bridgehead atoms. The van der Waals surface area contributed by atoms with Crippen LogP contribution < -0.4 is 10.2 Å². The van der Waals surface area contributed by atoms with Gasteiger partial charge in [0.1, 0.15) is 5.69 Å². The molecule has 1 aliphatic heterocycles. The number of morpholine rings is 1. The van der Waals surface area contributed by atoms with E-state index in [0.29, 0.717) is 31.4 Å². The lowest BCUT2D eigenvalue weighted by atomic mass is 10.3. The Morgan fingerprint density at radius 2 is 2.17 bits per heavy atom. The third-order valence-electron chi connectivity index (χ3n) is 3.81. The molecule has 0 unspecified atom stereocenters. The fourth-order valence-corrected chi connectivity index (χ4v) is 2.55. The summed E-state index contributed by atoms with van der Waals surface area (Å²) in [5, 5.41) is 2.91. The molecule has 0 aliphatic carbocycles. The number of hydrogen-bond acceptors (Lipinski definition) is 6. The predicted molar refractivity (Wildman–Crippen MR) is 89.0 cm³/mol. The number of hydrogen-bond donors (Lipinski definition) is 1. The molecule has 0 aromatic carbocycles. The minimum Gasteiger partial charge on any atom is -0.378 e. The topological polar surface area (TPSA) is 85.2 Å². The molecule has 0 radical (unpaired) electrons. The van der Waals surface area contributed by atoms with Crippen molar-refractivity contribution in [2.45, 2.75) is 19.9 Å². The number of carbonyl (C=O) groups excluding carboxylic acids is 1. The summed E-state index contributed by atoms with van der Waals surface area (Å²) in [4.78, 5) is 27.2. The van der Waals surface area contributed by atoms with Gasteiger partial charge in [0, 0.05) is 44.3 Å². The fourth-order valence-electron chi connectivity index (χ4n) is 2.55. The Morgan fingerprint density at radius 1 is 1.33 bits per heavy atom. The summed E-state index contributed by atoms with van der Waals surface area (Å²) in [7, 11) is 0. The molecule has 2 aromatic rings. The summed E-state index contributed by atoms with van der Waals surface area (Å²) in [5.41, 5.74) is 1.20. The van der Waals surface area contributed by atoms with Crippen LogP contribution in [0.25, 0.3) is 0 Å². The van der Waals surface area contributed by atoms with Crippen molar-refractivity contribution in [2.75, 3.05) is 37.7 Å². The molecule has 1 amide bonds. The predicted octanol–water partition coefficient (Wildman–Crippen LogP) is 0.638. The molecule has 3 rings (SSSR count). The number of nitrogens with zero attached hydrogens (tertiary/aromatic N) is 5. The molecule has 1 saturated heterocycles. The van der Waals surface area contributed by atoms with E-state index in [0.717, 1.165) is 31.7 Å². The number of anilines is 1. The summed E-state index contributed by atoms with van der Waals surface area (Å²) >= 11 is 0. The van der Waals surface area contributed by atoms with Crippen LogP contribution in [0.1, 0.15) is 22.6 Å². The van der Waals surface area contributed by atoms with Gasteiger partial charge in [-0.3, -0.25) is 4.79 Å². The van der Waals surface area contributed by atoms with E-state index in [1.807, 2.05) is 22.6 Å². The van der Waals surface area contributed by atoms with Crippen molar-refractivity contribution < 1.29 is 9.53 Å². The van der Waals surface area contributed by atoms with Crippen LogP contribution in [0.5, 0.6) is 0 Å². The Hall–Kier alpha value is -2.48. The first-order valence-electron chi connectivity index (χ1n) is 8.15. The molecule has 0 spiro atoms. The van der Waals surface area contributed by atoms with Crippen LogP contribution in [-0.2, 0) is 11.3 Å². The summed E-state index contributed by atoms with van der Waals surface area (Å²) in [6.07, 6.45) is 6.26. The largest absolute Gasteiger partial charge is 0.378 e. The molecule has 0 saturated carbocycles. The molecule has 2 aromatic heterocycles. The molecule has 0 atom stereocenters. The number of imidazole rings is 1. The third-order valence-corrected chi connectivity index (χ3v) is 3.81. The highest BCUT2D eigenvalue weighted by Gasteiger charge is 2.17. The van der Waals surface area contributed by atoms with Crippen molar-refractivity contribution >= 4 is 11.9 Å². The van der Waals surface area contributed by atoms with Crippen molar-refractivity contribution in [3.8, 4) is 0 Å². The van der Waals surface area contributed by atoms with E-state index in [9.17, 15) is 4.79 Å². The van der Waals surface area contributed by atoms with Gasteiger partial charge in [-0.05, 0) is 19.4 Å². The van der Waals surface area contributed by atoms with E-state index < -0.39 is 0 Å². The SMILES string of the molecule is Cc1cc(C(=O)NCCCn2ccnc2)nc(N2CCOCC2)n1. The van der Waals surface area contributed by atoms with Crippen molar-refractivity contribution in [1.82, 2.24) is 24.8 Å². The van der Waals surface area contributed by atoms with E-state index in [4.69, 9.17) is 4.74 Å². The summed E-state index contributed by atoms with van der Waals surface area (Å²) in [6, 6.07) is 1.72. The van der Waals surface area contributed by atoms with Gasteiger partial charge >= 0.3 is 0 Å². The Morgan fingerprint density at radius 3 is 2.92 bits per heavy atom. The second-order valence-corrected chi connectivity index (χ2v) is 5.70. The van der Waals surface area contributed by atoms with Gasteiger partial charge in [0.25, 0.3) is 5.91 Å². The molecular formula is C16H22N6O2. The number of carbonyl (C=O) groups is 1. The maximum Gasteiger partial charge on any atom is 0.270 e. The van der Waals surface area contributed by atoms with Gasteiger partial charge in [0.2, 0.25) is 5.95 Å². The van der Waals surface area contributed by atoms with E-state index in [1.165, 1.54) is 0 Å². The highest BCUT2D eigenvalue weighted by atomic mass is 16.5. The van der Waals surface area contributed by atoms with Crippen molar-refractivity contribution in [3.63, 3.8) is 0 Å². The molecule has 1 N–H and O–H groups in total. The monoisotopic (exact) mass is 330 g/mol. The van der Waals surface area contributed by atoms with Crippen molar-refractivity contribution in [3.05, 3.63) is 36.2 Å². The average molecular weight is 330 g/mol. The number of nitrogens with one attached hydrogen (secondary N) is 1. The maximum atomic E-state index is 12.3. The van der Waals surface area contributed by atoms with Gasteiger partial charge in [-0.1, -0.05) is 0 Å². The van der Waals surface area contributed by atoms with E-state index in [-0.39, 0.29) is 5.91 Å². The zero-order valence-corrected chi connectivity index (χ0v) is 13.8. The Kier molecular flexibility index (Phi) is 5.37. The van der Waals surface area contributed by atoms with E-state index in [1.54, 1.807) is 18.6 Å². The smallest absolute Gasteiger partial charge is 0.270 e. The van der Waals surface area contributed by atoms with Crippen molar-refractivity contribution in [2.24, 2.45) is 0 Å². The van der Waals surface area contributed by atoms with Crippen LogP contribution in [0.3, 0.4) is 0 Å². The van der Waals surface area contributed by atoms with Gasteiger partial charge in [0.05, 0.1) is 19.5 Å². The zero-order chi connectivity index (χ0) is 16.8. The first-order chi connectivity index (χ1) is 11.7. The second kappa shape index (κ2) is 7.87. The number of amides is 1. The molecule has 8 nitrogen and oxygen atoms in total. The van der Waals surface area contributed by atoms with Gasteiger partial charge in [-0.15, -0.1) is 0 Å². The molecule has 8 heteroatoms. The number of ether oxygens (including phenoxy) is 1. The number of aryl methyl sites for hydroxylation is 2. The van der Waals surface area contributed by atoms with Gasteiger partial charge < -0.3 is 19.5 Å². The zero-order valence-electron chi connectivity index (χ0n) is 13.8. The second-order valence-electron chi connectivity index (χ2n) is 5.70. The third kappa shape index (κ3) is 4.29. The minimum absolute atomic E-state index is 0.166. The summed E-state index contributed by atoms with van der Waals surface area (Å²) < 4.78 is 7.33. The van der Waals surface area contributed by atoms with Crippen LogP contribution in [0.4, 0.5) is 5.95 Å². The first kappa shape index (κ1) is 16.4. The van der Waals surface area contributed by atoms with Crippen LogP contribution in [0.2, 0.25) is 0 Å². The molecule has 1 fully saturated rings. The Bertz CT molecular complexity index is 667. The summed E-state index contributed by atoms with van der Waals surface area (Å²) in [5.74, 6) is 0.433. The fraction of sp³-hybridized carbons (Fsp3) is 0.500. The molecule has 24 heavy (non-hydrogen) atoms. The lowest BCUT2D eigenvalue weighted by Gasteiger charge is -2.27. The molecule has 1 aliphatic rings. The van der Waals surface area contributed by atoms with Crippen LogP contribution in [0.15, 0.2) is 24.8 Å². The molecule has 3 heterocycles. The highest BCUT2D eigenvalue weighted by molar-refractivity contribution is 5.92. The van der Waals surface area contributed by atoms with E-state index >= 15 is 0 Å². The lowest BCUT2D eigenvalue weighted by Crippen LogP contribution is -2.38. The Balaban J connectivity index is 1.56. The van der Waals surface area contributed by atoms with Crippen LogP contribution in [-0.4, -0.2) is 58.3 Å². The first-order valence-corrected chi connectivity index (χ1v) is 8.15. The molecular weight excluding hydrogens is 308 g/mol. The quantitative estimate of drug-likeness (QED) is 0.782. The standard InChI is InChI=1S/C16H22N6O2/c1-13-11-14(20-16(19-13)22-7-9-24-10-8-22)15(23)18-3-2-5-21-6-4-17-12-21/h4,6,11-12H,2-3,5,7-10H2,1H3,(H,18,23). The van der Waals surface area contributed by atoms with Gasteiger partial charge in [0.15, 0.2) is 0 Å².